The largest absolute Gasteiger partial charge is 0.391 e. The van der Waals surface area contributed by atoms with Crippen molar-refractivity contribution in [2.24, 2.45) is 22.8 Å². The molecule has 0 radical (unpaired) electrons. The van der Waals surface area contributed by atoms with Gasteiger partial charge in [0.2, 0.25) is 0 Å². The van der Waals surface area contributed by atoms with E-state index in [1.54, 1.807) is 0 Å². The summed E-state index contributed by atoms with van der Waals surface area (Å²) in [6.07, 6.45) is 0.203. The van der Waals surface area contributed by atoms with Gasteiger partial charge in [-0.15, -0.1) is 0 Å². The second-order valence-electron chi connectivity index (χ2n) is 8.78. The first-order valence-electron chi connectivity index (χ1n) is 9.45. The van der Waals surface area contributed by atoms with Gasteiger partial charge in [-0.25, -0.2) is 4.98 Å². The maximum absolute atomic E-state index is 12.8. The molecule has 3 aliphatic rings. The number of hydrogen-bond acceptors (Lipinski definition) is 4. The predicted molar refractivity (Wildman–Crippen MR) is 94.7 cm³/mol. The van der Waals surface area contributed by atoms with Gasteiger partial charge in [0.15, 0.2) is 0 Å². The summed E-state index contributed by atoms with van der Waals surface area (Å²) in [5.74, 6) is -0.429. The van der Waals surface area contributed by atoms with Crippen LogP contribution < -0.4 is 16.4 Å². The second kappa shape index (κ2) is 5.83. The van der Waals surface area contributed by atoms with Crippen LogP contribution in [0.1, 0.15) is 49.8 Å². The van der Waals surface area contributed by atoms with Gasteiger partial charge >= 0.3 is 6.18 Å². The third-order valence-corrected chi connectivity index (χ3v) is 6.66. The Morgan fingerprint density at radius 1 is 1.15 bits per heavy atom. The fourth-order valence-electron chi connectivity index (χ4n) is 5.50. The molecular weight excluding hydrogens is 341 g/mol. The highest BCUT2D eigenvalue weighted by molar-refractivity contribution is 5.45. The van der Waals surface area contributed by atoms with Gasteiger partial charge in [-0.1, -0.05) is 6.07 Å². The van der Waals surface area contributed by atoms with E-state index in [1.807, 2.05) is 24.0 Å². The summed E-state index contributed by atoms with van der Waals surface area (Å²) in [5, 5.41) is 0. The topological polar surface area (TPSA) is 68.2 Å². The average Bonchev–Trinajstić information content (AvgIpc) is 2.51. The first kappa shape index (κ1) is 18.0. The Balaban J connectivity index is 1.43. The van der Waals surface area contributed by atoms with E-state index in [-0.39, 0.29) is 18.4 Å². The summed E-state index contributed by atoms with van der Waals surface area (Å²) in [6, 6.07) is 4.27. The zero-order valence-corrected chi connectivity index (χ0v) is 15.1. The van der Waals surface area contributed by atoms with Gasteiger partial charge < -0.3 is 16.4 Å². The molecule has 0 amide bonds. The molecule has 1 spiro atoms. The third-order valence-electron chi connectivity index (χ3n) is 6.66. The Bertz CT molecular complexity index is 681. The summed E-state index contributed by atoms with van der Waals surface area (Å²) in [4.78, 5) is 6.63. The lowest BCUT2D eigenvalue weighted by Crippen LogP contribution is -2.63. The van der Waals surface area contributed by atoms with Gasteiger partial charge in [0.05, 0.1) is 5.92 Å². The van der Waals surface area contributed by atoms with Crippen molar-refractivity contribution in [3.8, 4) is 0 Å². The number of nitrogens with two attached hydrogens (primary N) is 2. The normalized spacial score (nSPS) is 35.3. The number of hydrogen-bond donors (Lipinski definition) is 2. The average molecular weight is 368 g/mol. The van der Waals surface area contributed by atoms with Gasteiger partial charge in [0, 0.05) is 30.4 Å². The minimum Gasteiger partial charge on any atom is -0.357 e. The van der Waals surface area contributed by atoms with Crippen LogP contribution in [0.25, 0.3) is 0 Å². The lowest BCUT2D eigenvalue weighted by molar-refractivity contribution is -0.179. The number of aromatic nitrogens is 1. The van der Waals surface area contributed by atoms with Crippen molar-refractivity contribution in [1.82, 2.24) is 4.98 Å². The van der Waals surface area contributed by atoms with Crippen LogP contribution in [-0.2, 0) is 5.54 Å². The van der Waals surface area contributed by atoms with Crippen molar-refractivity contribution >= 4 is 5.82 Å². The van der Waals surface area contributed by atoms with E-state index in [4.69, 9.17) is 11.5 Å². The summed E-state index contributed by atoms with van der Waals surface area (Å²) >= 11 is 0. The van der Waals surface area contributed by atoms with Crippen LogP contribution in [0.5, 0.6) is 0 Å². The Kier molecular flexibility index (Phi) is 4.04. The first-order valence-corrected chi connectivity index (χ1v) is 9.45. The monoisotopic (exact) mass is 368 g/mol. The quantitative estimate of drug-likeness (QED) is 0.841. The zero-order chi connectivity index (χ0) is 18.7. The lowest BCUT2D eigenvalue weighted by atomic mass is 9.46. The number of nitrogens with zero attached hydrogens (tertiary/aromatic N) is 2. The molecule has 3 fully saturated rings. The minimum absolute atomic E-state index is 0.135. The molecule has 0 aromatic carbocycles. The zero-order valence-electron chi connectivity index (χ0n) is 15.1. The van der Waals surface area contributed by atoms with Crippen LogP contribution >= 0.6 is 0 Å². The smallest absolute Gasteiger partial charge is 0.357 e. The number of alkyl halides is 3. The molecule has 2 heterocycles. The van der Waals surface area contributed by atoms with Crippen LogP contribution in [0.3, 0.4) is 0 Å². The first-order chi connectivity index (χ1) is 12.1. The molecule has 4 nitrogen and oxygen atoms in total. The Hall–Kier alpha value is -1.34. The molecule has 4 N–H and O–H groups in total. The highest BCUT2D eigenvalue weighted by Crippen LogP contribution is 2.62. The van der Waals surface area contributed by atoms with Gasteiger partial charge in [0.1, 0.15) is 5.82 Å². The molecule has 1 saturated heterocycles. The third kappa shape index (κ3) is 2.99. The highest BCUT2D eigenvalue weighted by Gasteiger charge is 2.58. The van der Waals surface area contributed by atoms with E-state index < -0.39 is 12.1 Å². The SMILES string of the molecule is Cc1nc(N2CCC(C(F)(F)F)CC2)ccc1C1(N)CC2(CC(N)C2)C1. The molecule has 0 unspecified atom stereocenters. The highest BCUT2D eigenvalue weighted by atomic mass is 19.4. The molecule has 1 aromatic rings. The molecule has 0 bridgehead atoms. The van der Waals surface area contributed by atoms with E-state index in [2.05, 4.69) is 4.98 Å². The minimum atomic E-state index is -4.09. The number of anilines is 1. The van der Waals surface area contributed by atoms with Crippen LogP contribution in [0.15, 0.2) is 12.1 Å². The van der Waals surface area contributed by atoms with Crippen LogP contribution in [0, 0.1) is 18.3 Å². The summed E-state index contributed by atoms with van der Waals surface area (Å²) in [5.41, 5.74) is 14.5. The van der Waals surface area contributed by atoms with Gasteiger partial charge in [-0.05, 0) is 62.5 Å². The van der Waals surface area contributed by atoms with E-state index in [9.17, 15) is 13.2 Å². The molecule has 26 heavy (non-hydrogen) atoms. The lowest BCUT2D eigenvalue weighted by Gasteiger charge is -2.62. The summed E-state index contributed by atoms with van der Waals surface area (Å²) in [6.45, 7) is 2.74. The Morgan fingerprint density at radius 2 is 1.77 bits per heavy atom. The molecular formula is C19H27F3N4. The van der Waals surface area contributed by atoms with Crippen LogP contribution in [0.2, 0.25) is 0 Å². The number of aryl methyl sites for hydroxylation is 1. The van der Waals surface area contributed by atoms with E-state index in [0.717, 1.165) is 42.8 Å². The van der Waals surface area contributed by atoms with Gasteiger partial charge in [0.25, 0.3) is 0 Å². The Morgan fingerprint density at radius 3 is 2.27 bits per heavy atom. The fraction of sp³-hybridized carbons (Fsp3) is 0.737. The van der Waals surface area contributed by atoms with E-state index in [1.165, 1.54) is 0 Å². The van der Waals surface area contributed by atoms with Crippen molar-refractivity contribution in [1.29, 1.82) is 0 Å². The van der Waals surface area contributed by atoms with Crippen molar-refractivity contribution < 1.29 is 13.2 Å². The van der Waals surface area contributed by atoms with Gasteiger partial charge in [-0.2, -0.15) is 13.2 Å². The maximum Gasteiger partial charge on any atom is 0.391 e. The molecule has 0 atom stereocenters. The second-order valence-corrected chi connectivity index (χ2v) is 8.78. The standard InChI is InChI=1S/C19H27F3N4/c1-12-15(18(24)10-17(11-18)8-14(23)9-17)2-3-16(25-12)26-6-4-13(5-7-26)19(20,21)22/h2-3,13-14H,4-11,23-24H2,1H3. The van der Waals surface area contributed by atoms with Crippen LogP contribution in [0.4, 0.5) is 19.0 Å². The van der Waals surface area contributed by atoms with Crippen molar-refractivity contribution in [3.63, 3.8) is 0 Å². The van der Waals surface area contributed by atoms with E-state index >= 15 is 0 Å². The Labute approximate surface area is 152 Å². The molecule has 144 valence electrons. The number of piperidine rings is 1. The van der Waals surface area contributed by atoms with Gasteiger partial charge in [-0.3, -0.25) is 0 Å². The molecule has 1 aliphatic heterocycles. The maximum atomic E-state index is 12.8. The summed E-state index contributed by atoms with van der Waals surface area (Å²) < 4.78 is 38.5. The number of halogens is 3. The number of pyridine rings is 1. The predicted octanol–water partition coefficient (Wildman–Crippen LogP) is 3.22. The fourth-order valence-corrected chi connectivity index (χ4v) is 5.50. The number of rotatable bonds is 2. The van der Waals surface area contributed by atoms with Crippen molar-refractivity contribution in [2.45, 2.75) is 63.2 Å². The van der Waals surface area contributed by atoms with E-state index in [0.29, 0.717) is 24.5 Å². The van der Waals surface area contributed by atoms with Crippen LogP contribution in [-0.4, -0.2) is 30.3 Å². The molecule has 2 aliphatic carbocycles. The van der Waals surface area contributed by atoms with Crippen molar-refractivity contribution in [2.75, 3.05) is 18.0 Å². The summed E-state index contributed by atoms with van der Waals surface area (Å²) in [7, 11) is 0. The van der Waals surface area contributed by atoms with Crippen molar-refractivity contribution in [3.05, 3.63) is 23.4 Å². The molecule has 2 saturated carbocycles. The molecule has 7 heteroatoms. The molecule has 4 rings (SSSR count). The molecule has 1 aromatic heterocycles.